The molecule has 0 radical (unpaired) electrons. The number of anilines is 1. The van der Waals surface area contributed by atoms with Crippen molar-refractivity contribution in [2.45, 2.75) is 25.3 Å². The molecule has 3 aromatic rings. The topological polar surface area (TPSA) is 64.0 Å². The molecule has 2 aromatic carbocycles. The van der Waals surface area contributed by atoms with Gasteiger partial charge in [-0.2, -0.15) is 5.10 Å². The minimum absolute atomic E-state index is 0.300. The van der Waals surface area contributed by atoms with Crippen LogP contribution >= 0.6 is 0 Å². The van der Waals surface area contributed by atoms with E-state index in [0.717, 1.165) is 16.7 Å². The first-order valence-corrected chi connectivity index (χ1v) is 9.09. The van der Waals surface area contributed by atoms with Crippen LogP contribution in [0.3, 0.4) is 0 Å². The molecule has 0 fully saturated rings. The number of aromatic nitrogens is 2. The lowest BCUT2D eigenvalue weighted by molar-refractivity contribution is 0.600. The molecule has 6 heteroatoms. The van der Waals surface area contributed by atoms with Crippen molar-refractivity contribution in [2.24, 2.45) is 0 Å². The van der Waals surface area contributed by atoms with Crippen molar-refractivity contribution < 1.29 is 8.42 Å². The number of benzene rings is 2. The van der Waals surface area contributed by atoms with Gasteiger partial charge in [-0.3, -0.25) is 9.40 Å². The maximum Gasteiger partial charge on any atom is 0.262 e. The highest BCUT2D eigenvalue weighted by molar-refractivity contribution is 7.92. The fraction of sp³-hybridized carbons (Fsp3) is 0.167. The molecule has 0 bridgehead atoms. The van der Waals surface area contributed by atoms with E-state index in [1.54, 1.807) is 37.4 Å². The zero-order valence-electron chi connectivity index (χ0n) is 13.6. The van der Waals surface area contributed by atoms with E-state index in [2.05, 4.69) is 9.82 Å². The molecule has 0 atom stereocenters. The summed E-state index contributed by atoms with van der Waals surface area (Å²) in [6, 6.07) is 14.5. The Hall–Kier alpha value is -2.60. The van der Waals surface area contributed by atoms with Gasteiger partial charge in [-0.1, -0.05) is 29.8 Å². The van der Waals surface area contributed by atoms with E-state index in [-0.39, 0.29) is 0 Å². The number of nitrogens with zero attached hydrogens (tertiary/aromatic N) is 2. The summed E-state index contributed by atoms with van der Waals surface area (Å²) in [7, 11) is -3.59. The second kappa shape index (κ2) is 6.49. The lowest BCUT2D eigenvalue weighted by Gasteiger charge is -2.11. The van der Waals surface area contributed by atoms with E-state index in [1.807, 2.05) is 42.1 Å². The molecule has 24 heavy (non-hydrogen) atoms. The molecule has 0 aliphatic heterocycles. The lowest BCUT2D eigenvalue weighted by Crippen LogP contribution is -2.14. The average molecular weight is 341 g/mol. The Morgan fingerprint density at radius 1 is 1.08 bits per heavy atom. The number of rotatable bonds is 5. The third kappa shape index (κ3) is 3.65. The normalized spacial score (nSPS) is 11.4. The highest BCUT2D eigenvalue weighted by atomic mass is 32.2. The van der Waals surface area contributed by atoms with Crippen molar-refractivity contribution in [1.82, 2.24) is 9.78 Å². The molecule has 1 N–H and O–H groups in total. The molecule has 0 saturated heterocycles. The van der Waals surface area contributed by atoms with Gasteiger partial charge in [0.05, 0.1) is 11.4 Å². The summed E-state index contributed by atoms with van der Waals surface area (Å²) in [5.41, 5.74) is 3.36. The van der Waals surface area contributed by atoms with Crippen LogP contribution in [0.5, 0.6) is 0 Å². The van der Waals surface area contributed by atoms with Crippen molar-refractivity contribution >= 4 is 15.7 Å². The number of nitrogens with one attached hydrogen (secondary N) is 1. The maximum absolute atomic E-state index is 12.5. The predicted octanol–water partition coefficient (Wildman–Crippen LogP) is 3.35. The minimum atomic E-state index is -3.59. The largest absolute Gasteiger partial charge is 0.280 e. The van der Waals surface area contributed by atoms with Crippen LogP contribution in [0.1, 0.15) is 16.7 Å². The van der Waals surface area contributed by atoms with E-state index in [1.165, 1.54) is 0 Å². The monoisotopic (exact) mass is 341 g/mol. The minimum Gasteiger partial charge on any atom is -0.280 e. The Bertz CT molecular complexity index is 931. The highest BCUT2D eigenvalue weighted by Gasteiger charge is 2.16. The highest BCUT2D eigenvalue weighted by Crippen LogP contribution is 2.20. The van der Waals surface area contributed by atoms with Crippen LogP contribution in [-0.2, 0) is 16.6 Å². The van der Waals surface area contributed by atoms with Crippen molar-refractivity contribution in [2.75, 3.05) is 4.72 Å². The number of sulfonamides is 1. The molecule has 1 aromatic heterocycles. The first-order chi connectivity index (χ1) is 11.4. The number of hydrogen-bond acceptors (Lipinski definition) is 3. The SMILES string of the molecule is Cc1ccc(S(=O)(=O)Nc2ccc(Cn3cccn3)cc2)c(C)c1. The Balaban J connectivity index is 1.77. The standard InChI is InChI=1S/C18H19N3O2S/c1-14-4-9-18(15(2)12-14)24(22,23)20-17-7-5-16(6-8-17)13-21-11-3-10-19-21/h3-12,20H,13H2,1-2H3. The second-order valence-electron chi connectivity index (χ2n) is 5.78. The third-order valence-electron chi connectivity index (χ3n) is 3.73. The van der Waals surface area contributed by atoms with Crippen LogP contribution in [0.15, 0.2) is 65.8 Å². The first-order valence-electron chi connectivity index (χ1n) is 7.60. The van der Waals surface area contributed by atoms with E-state index >= 15 is 0 Å². The fourth-order valence-electron chi connectivity index (χ4n) is 2.57. The molecule has 124 valence electrons. The van der Waals surface area contributed by atoms with Crippen molar-refractivity contribution in [3.05, 3.63) is 77.6 Å². The summed E-state index contributed by atoms with van der Waals surface area (Å²) in [6.07, 6.45) is 3.61. The quantitative estimate of drug-likeness (QED) is 0.774. The lowest BCUT2D eigenvalue weighted by atomic mass is 10.2. The summed E-state index contributed by atoms with van der Waals surface area (Å²) in [4.78, 5) is 0.300. The molecule has 0 amide bonds. The molecule has 0 spiro atoms. The maximum atomic E-state index is 12.5. The van der Waals surface area contributed by atoms with Gasteiger partial charge >= 0.3 is 0 Å². The molecular weight excluding hydrogens is 322 g/mol. The molecule has 5 nitrogen and oxygen atoms in total. The van der Waals surface area contributed by atoms with Crippen LogP contribution in [0.2, 0.25) is 0 Å². The molecular formula is C18H19N3O2S. The summed E-state index contributed by atoms with van der Waals surface area (Å²) in [5.74, 6) is 0. The molecule has 3 rings (SSSR count). The van der Waals surface area contributed by atoms with Gasteiger partial charge in [0.25, 0.3) is 10.0 Å². The van der Waals surface area contributed by atoms with Gasteiger partial charge in [-0.05, 0) is 49.2 Å². The van der Waals surface area contributed by atoms with Crippen LogP contribution < -0.4 is 4.72 Å². The van der Waals surface area contributed by atoms with Crippen LogP contribution in [0, 0.1) is 13.8 Å². The zero-order valence-corrected chi connectivity index (χ0v) is 14.4. The van der Waals surface area contributed by atoms with Gasteiger partial charge in [0.2, 0.25) is 0 Å². The third-order valence-corrected chi connectivity index (χ3v) is 5.27. The van der Waals surface area contributed by atoms with Gasteiger partial charge in [-0.25, -0.2) is 8.42 Å². The predicted molar refractivity (Wildman–Crippen MR) is 94.5 cm³/mol. The second-order valence-corrected chi connectivity index (χ2v) is 7.43. The van der Waals surface area contributed by atoms with E-state index in [4.69, 9.17) is 0 Å². The van der Waals surface area contributed by atoms with E-state index in [0.29, 0.717) is 17.1 Å². The van der Waals surface area contributed by atoms with Gasteiger partial charge in [-0.15, -0.1) is 0 Å². The zero-order chi connectivity index (χ0) is 17.2. The summed E-state index contributed by atoms with van der Waals surface area (Å²) >= 11 is 0. The van der Waals surface area contributed by atoms with Crippen molar-refractivity contribution in [1.29, 1.82) is 0 Å². The van der Waals surface area contributed by atoms with Gasteiger partial charge in [0.1, 0.15) is 0 Å². The molecule has 0 saturated carbocycles. The number of aryl methyl sites for hydroxylation is 2. The average Bonchev–Trinajstić information content (AvgIpc) is 3.01. The van der Waals surface area contributed by atoms with Crippen LogP contribution in [-0.4, -0.2) is 18.2 Å². The summed E-state index contributed by atoms with van der Waals surface area (Å²) in [5, 5.41) is 4.15. The van der Waals surface area contributed by atoms with Crippen LogP contribution in [0.4, 0.5) is 5.69 Å². The van der Waals surface area contributed by atoms with Crippen molar-refractivity contribution in [3.63, 3.8) is 0 Å². The Morgan fingerprint density at radius 3 is 2.46 bits per heavy atom. The summed E-state index contributed by atoms with van der Waals surface area (Å²) < 4.78 is 29.5. The van der Waals surface area contributed by atoms with Gasteiger partial charge in [0, 0.05) is 18.1 Å². The number of hydrogen-bond donors (Lipinski definition) is 1. The first kappa shape index (κ1) is 16.3. The van der Waals surface area contributed by atoms with Gasteiger partial charge in [0.15, 0.2) is 0 Å². The Morgan fingerprint density at radius 2 is 1.83 bits per heavy atom. The summed E-state index contributed by atoms with van der Waals surface area (Å²) in [6.45, 7) is 4.39. The smallest absolute Gasteiger partial charge is 0.262 e. The fourth-order valence-corrected chi connectivity index (χ4v) is 3.86. The van der Waals surface area contributed by atoms with E-state index < -0.39 is 10.0 Å². The van der Waals surface area contributed by atoms with Crippen molar-refractivity contribution in [3.8, 4) is 0 Å². The van der Waals surface area contributed by atoms with Gasteiger partial charge < -0.3 is 0 Å². The Kier molecular flexibility index (Phi) is 4.40. The molecule has 0 aliphatic rings. The van der Waals surface area contributed by atoms with Crippen LogP contribution in [0.25, 0.3) is 0 Å². The Labute approximate surface area is 142 Å². The molecule has 0 unspecified atom stereocenters. The molecule has 0 aliphatic carbocycles. The molecule has 1 heterocycles. The van der Waals surface area contributed by atoms with E-state index in [9.17, 15) is 8.42 Å².